The highest BCUT2D eigenvalue weighted by molar-refractivity contribution is 5.91. The molecule has 0 spiro atoms. The number of hydrogen-bond donors (Lipinski definition) is 1. The molecule has 0 bridgehead atoms. The molecule has 164 valence electrons. The van der Waals surface area contributed by atoms with E-state index in [1.807, 2.05) is 13.8 Å². The van der Waals surface area contributed by atoms with E-state index in [1.165, 1.54) is 51.4 Å². The molecule has 2 aliphatic rings. The van der Waals surface area contributed by atoms with Crippen LogP contribution in [0.3, 0.4) is 0 Å². The van der Waals surface area contributed by atoms with E-state index in [4.69, 9.17) is 9.47 Å². The lowest BCUT2D eigenvalue weighted by Gasteiger charge is -2.48. The van der Waals surface area contributed by atoms with Crippen molar-refractivity contribution in [3.8, 4) is 0 Å². The van der Waals surface area contributed by atoms with Gasteiger partial charge in [-0.05, 0) is 52.6 Å². The first-order chi connectivity index (χ1) is 14.2. The van der Waals surface area contributed by atoms with Crippen LogP contribution in [0.15, 0.2) is 6.20 Å². The number of nitrogens with zero attached hydrogens (tertiary/aromatic N) is 4. The van der Waals surface area contributed by atoms with E-state index in [1.54, 1.807) is 10.9 Å². The number of aromatic nitrogens is 3. The van der Waals surface area contributed by atoms with Crippen molar-refractivity contribution in [2.45, 2.75) is 83.6 Å². The minimum absolute atomic E-state index is 0.110. The van der Waals surface area contributed by atoms with Crippen molar-refractivity contribution in [1.29, 1.82) is 0 Å². The highest BCUT2D eigenvalue weighted by Gasteiger charge is 2.38. The van der Waals surface area contributed by atoms with Gasteiger partial charge in [-0.2, -0.15) is 0 Å². The number of likely N-dealkylation sites (tertiary alicyclic amines) is 1. The third kappa shape index (κ3) is 5.99. The zero-order chi connectivity index (χ0) is 20.5. The Kier molecular flexibility index (Phi) is 8.44. The first-order valence-corrected chi connectivity index (χ1v) is 11.3. The summed E-state index contributed by atoms with van der Waals surface area (Å²) in [5.41, 5.74) is 0.459. The van der Waals surface area contributed by atoms with Crippen molar-refractivity contribution in [2.24, 2.45) is 0 Å². The number of piperidine rings is 1. The quantitative estimate of drug-likeness (QED) is 0.601. The minimum atomic E-state index is -0.382. The summed E-state index contributed by atoms with van der Waals surface area (Å²) >= 11 is 0. The number of amides is 1. The van der Waals surface area contributed by atoms with Gasteiger partial charge in [0.15, 0.2) is 12.0 Å². The smallest absolute Gasteiger partial charge is 0.273 e. The van der Waals surface area contributed by atoms with Gasteiger partial charge in [0.1, 0.15) is 0 Å². The number of carbonyl (C=O) groups excluding carboxylic acids is 1. The fourth-order valence-electron chi connectivity index (χ4n) is 4.69. The summed E-state index contributed by atoms with van der Waals surface area (Å²) in [6.07, 6.45) is 11.3. The van der Waals surface area contributed by atoms with E-state index in [0.717, 1.165) is 13.1 Å². The molecule has 0 aromatic carbocycles. The largest absolute Gasteiger partial charge is 0.351 e. The molecule has 1 amide bonds. The van der Waals surface area contributed by atoms with Crippen LogP contribution in [0.4, 0.5) is 0 Å². The molecule has 2 fully saturated rings. The molecule has 3 rings (SSSR count). The molecule has 0 radical (unpaired) electrons. The lowest BCUT2D eigenvalue weighted by molar-refractivity contribution is -0.145. The second-order valence-electron chi connectivity index (χ2n) is 8.18. The molecule has 0 atom stereocenters. The van der Waals surface area contributed by atoms with Crippen molar-refractivity contribution in [2.75, 3.05) is 32.8 Å². The Hall–Kier alpha value is -1.51. The summed E-state index contributed by atoms with van der Waals surface area (Å²) in [7, 11) is 0. The predicted molar refractivity (Wildman–Crippen MR) is 111 cm³/mol. The Morgan fingerprint density at radius 1 is 1.10 bits per heavy atom. The van der Waals surface area contributed by atoms with Crippen LogP contribution >= 0.6 is 0 Å². The zero-order valence-corrected chi connectivity index (χ0v) is 18.1. The molecule has 0 unspecified atom stereocenters. The third-order valence-corrected chi connectivity index (χ3v) is 6.20. The minimum Gasteiger partial charge on any atom is -0.351 e. The first-order valence-electron chi connectivity index (χ1n) is 11.3. The fourth-order valence-corrected chi connectivity index (χ4v) is 4.69. The van der Waals surface area contributed by atoms with E-state index < -0.39 is 0 Å². The number of hydrogen-bond acceptors (Lipinski definition) is 6. The SMILES string of the molecule is CCOC(Cn1cc(C(=O)NCC2(N3CCCCC3)CCCCC2)nn1)OCC. The van der Waals surface area contributed by atoms with Crippen LogP contribution in [0.25, 0.3) is 0 Å². The van der Waals surface area contributed by atoms with Crippen molar-refractivity contribution in [3.63, 3.8) is 0 Å². The predicted octanol–water partition coefficient (Wildman–Crippen LogP) is 2.60. The monoisotopic (exact) mass is 407 g/mol. The summed E-state index contributed by atoms with van der Waals surface area (Å²) in [4.78, 5) is 15.4. The van der Waals surface area contributed by atoms with E-state index in [2.05, 4.69) is 20.5 Å². The topological polar surface area (TPSA) is 81.5 Å². The van der Waals surface area contributed by atoms with Crippen molar-refractivity contribution in [3.05, 3.63) is 11.9 Å². The fraction of sp³-hybridized carbons (Fsp3) is 0.857. The van der Waals surface area contributed by atoms with Crippen LogP contribution in [0.5, 0.6) is 0 Å². The molecule has 8 heteroatoms. The average Bonchev–Trinajstić information content (AvgIpc) is 3.22. The maximum absolute atomic E-state index is 12.8. The average molecular weight is 408 g/mol. The standard InChI is InChI=1S/C21H37N5O3/c1-3-28-19(29-4-2)16-26-15-18(23-24-26)20(27)22-17-21(11-7-5-8-12-21)25-13-9-6-10-14-25/h15,19H,3-14,16-17H2,1-2H3,(H,22,27). The van der Waals surface area contributed by atoms with Gasteiger partial charge in [-0.1, -0.05) is 30.9 Å². The summed E-state index contributed by atoms with van der Waals surface area (Å²) in [6.45, 7) is 8.39. The lowest BCUT2D eigenvalue weighted by atomic mass is 9.79. The van der Waals surface area contributed by atoms with Gasteiger partial charge < -0.3 is 14.8 Å². The van der Waals surface area contributed by atoms with Crippen molar-refractivity contribution < 1.29 is 14.3 Å². The third-order valence-electron chi connectivity index (χ3n) is 6.20. The first kappa shape index (κ1) is 22.2. The van der Waals surface area contributed by atoms with E-state index in [-0.39, 0.29) is 17.7 Å². The Morgan fingerprint density at radius 2 is 1.76 bits per heavy atom. The van der Waals surface area contributed by atoms with Gasteiger partial charge >= 0.3 is 0 Å². The maximum Gasteiger partial charge on any atom is 0.273 e. The summed E-state index contributed by atoms with van der Waals surface area (Å²) < 4.78 is 12.7. The van der Waals surface area contributed by atoms with E-state index in [0.29, 0.717) is 32.0 Å². The summed E-state index contributed by atoms with van der Waals surface area (Å²) in [6, 6.07) is 0. The van der Waals surface area contributed by atoms with Gasteiger partial charge in [-0.15, -0.1) is 5.10 Å². The van der Waals surface area contributed by atoms with E-state index >= 15 is 0 Å². The van der Waals surface area contributed by atoms with E-state index in [9.17, 15) is 4.79 Å². The molecule has 29 heavy (non-hydrogen) atoms. The Bertz CT molecular complexity index is 618. The van der Waals surface area contributed by atoms with Gasteiger partial charge in [0.25, 0.3) is 5.91 Å². The lowest BCUT2D eigenvalue weighted by Crippen LogP contribution is -2.58. The molecule has 1 saturated heterocycles. The highest BCUT2D eigenvalue weighted by Crippen LogP contribution is 2.35. The van der Waals surface area contributed by atoms with Gasteiger partial charge in [0.2, 0.25) is 0 Å². The molecule has 8 nitrogen and oxygen atoms in total. The summed E-state index contributed by atoms with van der Waals surface area (Å²) in [5.74, 6) is -0.150. The molecular formula is C21H37N5O3. The molecule has 1 aromatic rings. The Morgan fingerprint density at radius 3 is 2.41 bits per heavy atom. The molecule has 1 N–H and O–H groups in total. The second-order valence-corrected chi connectivity index (χ2v) is 8.18. The number of nitrogens with one attached hydrogen (secondary N) is 1. The van der Waals surface area contributed by atoms with Crippen LogP contribution in [0, 0.1) is 0 Å². The molecule has 2 heterocycles. The van der Waals surface area contributed by atoms with Gasteiger partial charge in [0, 0.05) is 25.3 Å². The summed E-state index contributed by atoms with van der Waals surface area (Å²) in [5, 5.41) is 11.3. The molecule has 1 aromatic heterocycles. The van der Waals surface area contributed by atoms with Gasteiger partial charge in [0.05, 0.1) is 12.7 Å². The van der Waals surface area contributed by atoms with Crippen LogP contribution in [-0.2, 0) is 16.0 Å². The number of rotatable bonds is 10. The van der Waals surface area contributed by atoms with Crippen LogP contribution in [0.1, 0.15) is 75.7 Å². The number of ether oxygens (including phenoxy) is 2. The Labute approximate surface area is 174 Å². The second kappa shape index (κ2) is 11.0. The zero-order valence-electron chi connectivity index (χ0n) is 18.1. The van der Waals surface area contributed by atoms with Gasteiger partial charge in [-0.3, -0.25) is 9.69 Å². The molecule has 1 saturated carbocycles. The highest BCUT2D eigenvalue weighted by atomic mass is 16.7. The molecule has 1 aliphatic carbocycles. The molecular weight excluding hydrogens is 370 g/mol. The van der Waals surface area contributed by atoms with Crippen molar-refractivity contribution in [1.82, 2.24) is 25.2 Å². The normalized spacial score (nSPS) is 20.1. The van der Waals surface area contributed by atoms with Crippen LogP contribution in [0.2, 0.25) is 0 Å². The van der Waals surface area contributed by atoms with Crippen molar-refractivity contribution >= 4 is 5.91 Å². The van der Waals surface area contributed by atoms with Gasteiger partial charge in [-0.25, -0.2) is 4.68 Å². The van der Waals surface area contributed by atoms with Crippen LogP contribution < -0.4 is 5.32 Å². The molecule has 1 aliphatic heterocycles. The maximum atomic E-state index is 12.8. The van der Waals surface area contributed by atoms with Crippen LogP contribution in [-0.4, -0.2) is 70.5 Å². The Balaban J connectivity index is 1.58. The number of carbonyl (C=O) groups is 1.